The van der Waals surface area contributed by atoms with Crippen molar-refractivity contribution in [2.24, 2.45) is 0 Å². The summed E-state index contributed by atoms with van der Waals surface area (Å²) >= 11 is 0. The highest BCUT2D eigenvalue weighted by molar-refractivity contribution is 5.68. The van der Waals surface area contributed by atoms with Crippen LogP contribution in [0.4, 0.5) is 4.79 Å². The summed E-state index contributed by atoms with van der Waals surface area (Å²) in [6.45, 7) is 5.49. The number of alkyl carbamates (subject to hydrolysis) is 1. The van der Waals surface area contributed by atoms with Gasteiger partial charge in [0.2, 0.25) is 0 Å². The van der Waals surface area contributed by atoms with E-state index < -0.39 is 23.5 Å². The van der Waals surface area contributed by atoms with Crippen LogP contribution in [0.25, 0.3) is 0 Å². The van der Waals surface area contributed by atoms with Crippen LogP contribution in [0.5, 0.6) is 0 Å². The van der Waals surface area contributed by atoms with Crippen LogP contribution in [-0.4, -0.2) is 35.1 Å². The second-order valence-electron chi connectivity index (χ2n) is 5.23. The van der Waals surface area contributed by atoms with Gasteiger partial charge in [0, 0.05) is 12.8 Å². The molecule has 0 radical (unpaired) electrons. The second kappa shape index (κ2) is 4.91. The van der Waals surface area contributed by atoms with Gasteiger partial charge in [0.25, 0.3) is 6.47 Å². The smallest absolute Gasteiger partial charge is 0.410 e. The summed E-state index contributed by atoms with van der Waals surface area (Å²) < 4.78 is 9.97. The zero-order chi connectivity index (χ0) is 13.1. The molecule has 0 aromatic rings. The van der Waals surface area contributed by atoms with E-state index in [2.05, 4.69) is 5.32 Å². The Morgan fingerprint density at radius 2 is 2.18 bits per heavy atom. The quantitative estimate of drug-likeness (QED) is 0.570. The first-order valence-corrected chi connectivity index (χ1v) is 5.57. The summed E-state index contributed by atoms with van der Waals surface area (Å²) in [6.07, 6.45) is -0.195. The SMILES string of the molecule is CC(C)(C)OC(=O)NC1(OC=O)CCC(O)C1. The van der Waals surface area contributed by atoms with Crippen LogP contribution in [-0.2, 0) is 14.3 Å². The van der Waals surface area contributed by atoms with Crippen molar-refractivity contribution in [2.75, 3.05) is 0 Å². The van der Waals surface area contributed by atoms with Gasteiger partial charge in [0.05, 0.1) is 6.10 Å². The molecule has 1 rings (SSSR count). The van der Waals surface area contributed by atoms with Gasteiger partial charge < -0.3 is 14.6 Å². The number of hydrogen-bond donors (Lipinski definition) is 2. The summed E-state index contributed by atoms with van der Waals surface area (Å²) in [6, 6.07) is 0. The largest absolute Gasteiger partial charge is 0.444 e. The van der Waals surface area contributed by atoms with Gasteiger partial charge in [0.1, 0.15) is 5.60 Å². The van der Waals surface area contributed by atoms with Gasteiger partial charge in [-0.2, -0.15) is 0 Å². The number of nitrogens with one attached hydrogen (secondary N) is 1. The molecule has 6 nitrogen and oxygen atoms in total. The molecule has 1 saturated carbocycles. The topological polar surface area (TPSA) is 84.9 Å². The average Bonchev–Trinajstić information content (AvgIpc) is 2.44. The van der Waals surface area contributed by atoms with Gasteiger partial charge in [-0.1, -0.05) is 0 Å². The van der Waals surface area contributed by atoms with Crippen molar-refractivity contribution in [3.8, 4) is 0 Å². The lowest BCUT2D eigenvalue weighted by Crippen LogP contribution is -2.50. The monoisotopic (exact) mass is 245 g/mol. The van der Waals surface area contributed by atoms with E-state index in [0.29, 0.717) is 12.8 Å². The molecule has 2 unspecified atom stereocenters. The Balaban J connectivity index is 2.62. The summed E-state index contributed by atoms with van der Waals surface area (Å²) in [4.78, 5) is 22.0. The number of aliphatic hydroxyl groups is 1. The van der Waals surface area contributed by atoms with Crippen molar-refractivity contribution in [3.63, 3.8) is 0 Å². The van der Waals surface area contributed by atoms with Crippen molar-refractivity contribution in [1.82, 2.24) is 5.32 Å². The van der Waals surface area contributed by atoms with Gasteiger partial charge in [-0.15, -0.1) is 0 Å². The predicted octanol–water partition coefficient (Wildman–Crippen LogP) is 0.925. The molecule has 0 saturated heterocycles. The first-order valence-electron chi connectivity index (χ1n) is 5.57. The van der Waals surface area contributed by atoms with Crippen LogP contribution < -0.4 is 5.32 Å². The molecule has 0 heterocycles. The van der Waals surface area contributed by atoms with Gasteiger partial charge in [0.15, 0.2) is 5.72 Å². The number of carbonyl (C=O) groups excluding carboxylic acids is 2. The molecule has 17 heavy (non-hydrogen) atoms. The highest BCUT2D eigenvalue weighted by atomic mass is 16.6. The first-order chi connectivity index (χ1) is 7.76. The first kappa shape index (κ1) is 13.8. The van der Waals surface area contributed by atoms with E-state index in [-0.39, 0.29) is 12.9 Å². The second-order valence-corrected chi connectivity index (χ2v) is 5.23. The van der Waals surface area contributed by atoms with Crippen molar-refractivity contribution in [2.45, 2.75) is 57.5 Å². The Kier molecular flexibility index (Phi) is 3.98. The third-order valence-corrected chi connectivity index (χ3v) is 2.45. The molecule has 2 N–H and O–H groups in total. The lowest BCUT2D eigenvalue weighted by atomic mass is 10.2. The fourth-order valence-electron chi connectivity index (χ4n) is 1.82. The minimum atomic E-state index is -1.14. The van der Waals surface area contributed by atoms with Crippen LogP contribution in [0.15, 0.2) is 0 Å². The normalized spacial score (nSPS) is 28.6. The molecule has 0 spiro atoms. The Morgan fingerprint density at radius 1 is 1.53 bits per heavy atom. The summed E-state index contributed by atoms with van der Waals surface area (Å²) in [5.41, 5.74) is -1.76. The molecule has 1 amide bonds. The Hall–Kier alpha value is -1.30. The molecule has 98 valence electrons. The van der Waals surface area contributed by atoms with Gasteiger partial charge in [-0.25, -0.2) is 4.79 Å². The Bertz CT molecular complexity index is 299. The number of carbonyl (C=O) groups is 2. The van der Waals surface area contributed by atoms with Crippen molar-refractivity contribution in [1.29, 1.82) is 0 Å². The summed E-state index contributed by atoms with van der Waals surface area (Å²) in [7, 11) is 0. The number of amides is 1. The van der Waals surface area contributed by atoms with Gasteiger partial charge >= 0.3 is 6.09 Å². The Morgan fingerprint density at radius 3 is 2.59 bits per heavy atom. The highest BCUT2D eigenvalue weighted by Gasteiger charge is 2.42. The van der Waals surface area contributed by atoms with Gasteiger partial charge in [-0.05, 0) is 27.2 Å². The van der Waals surface area contributed by atoms with E-state index in [4.69, 9.17) is 9.47 Å². The van der Waals surface area contributed by atoms with E-state index in [1.54, 1.807) is 20.8 Å². The molecular weight excluding hydrogens is 226 g/mol. The van der Waals surface area contributed by atoms with Crippen LogP contribution in [0.2, 0.25) is 0 Å². The van der Waals surface area contributed by atoms with Crippen LogP contribution in [0, 0.1) is 0 Å². The molecule has 2 atom stereocenters. The Labute approximate surface area is 100 Å². The predicted molar refractivity (Wildman–Crippen MR) is 59.1 cm³/mol. The van der Waals surface area contributed by atoms with Crippen LogP contribution >= 0.6 is 0 Å². The fraction of sp³-hybridized carbons (Fsp3) is 0.818. The molecule has 0 bridgehead atoms. The maximum Gasteiger partial charge on any atom is 0.410 e. The molecule has 1 fully saturated rings. The third-order valence-electron chi connectivity index (χ3n) is 2.45. The molecule has 0 aliphatic heterocycles. The van der Waals surface area contributed by atoms with E-state index in [9.17, 15) is 14.7 Å². The average molecular weight is 245 g/mol. The van der Waals surface area contributed by atoms with Crippen LogP contribution in [0.3, 0.4) is 0 Å². The third kappa shape index (κ3) is 4.22. The van der Waals surface area contributed by atoms with E-state index >= 15 is 0 Å². The van der Waals surface area contributed by atoms with Crippen molar-refractivity contribution < 1.29 is 24.2 Å². The lowest BCUT2D eigenvalue weighted by Gasteiger charge is -2.29. The van der Waals surface area contributed by atoms with Crippen molar-refractivity contribution in [3.05, 3.63) is 0 Å². The van der Waals surface area contributed by atoms with Crippen molar-refractivity contribution >= 4 is 12.6 Å². The summed E-state index contributed by atoms with van der Waals surface area (Å²) in [5.74, 6) is 0. The molecule has 0 aromatic heterocycles. The zero-order valence-electron chi connectivity index (χ0n) is 10.4. The summed E-state index contributed by atoms with van der Waals surface area (Å²) in [5, 5.41) is 12.0. The van der Waals surface area contributed by atoms with Crippen LogP contribution in [0.1, 0.15) is 40.0 Å². The van der Waals surface area contributed by atoms with E-state index in [1.807, 2.05) is 0 Å². The number of hydrogen-bond acceptors (Lipinski definition) is 5. The maximum atomic E-state index is 11.6. The molecule has 1 aliphatic rings. The zero-order valence-corrected chi connectivity index (χ0v) is 10.4. The lowest BCUT2D eigenvalue weighted by molar-refractivity contribution is -0.146. The molecule has 1 aliphatic carbocycles. The molecular formula is C11H19NO5. The minimum absolute atomic E-state index is 0.185. The standard InChI is InChI=1S/C11H19NO5/c1-10(2,3)17-9(15)12-11(16-7-13)5-4-8(14)6-11/h7-8,14H,4-6H2,1-3H3,(H,12,15). The number of rotatable bonds is 3. The molecule has 6 heteroatoms. The number of ether oxygens (including phenoxy) is 2. The maximum absolute atomic E-state index is 11.6. The number of aliphatic hydroxyl groups excluding tert-OH is 1. The fourth-order valence-corrected chi connectivity index (χ4v) is 1.82. The minimum Gasteiger partial charge on any atom is -0.444 e. The highest BCUT2D eigenvalue weighted by Crippen LogP contribution is 2.31. The molecule has 0 aromatic carbocycles. The van der Waals surface area contributed by atoms with Gasteiger partial charge in [-0.3, -0.25) is 10.1 Å². The van der Waals surface area contributed by atoms with E-state index in [0.717, 1.165) is 0 Å². The van der Waals surface area contributed by atoms with E-state index in [1.165, 1.54) is 0 Å².